The van der Waals surface area contributed by atoms with Crippen LogP contribution in [0, 0.1) is 6.17 Å². The molecule has 0 aliphatic carbocycles. The molecule has 1 saturated heterocycles. The van der Waals surface area contributed by atoms with Crippen LogP contribution in [0.5, 0.6) is 0 Å². The van der Waals surface area contributed by atoms with Crippen molar-refractivity contribution >= 4 is 0 Å². The normalized spacial score (nSPS) is 19.5. The fourth-order valence-corrected chi connectivity index (χ4v) is 1.50. The molecule has 1 aliphatic rings. The minimum atomic E-state index is 0.903. The Morgan fingerprint density at radius 1 is 1.31 bits per heavy atom. The molecule has 1 fully saturated rings. The molecule has 1 radical (unpaired) electrons. The topological polar surface area (TPSA) is 24.5 Å². The molecule has 0 amide bonds. The third-order valence-electron chi connectivity index (χ3n) is 2.12. The first-order chi connectivity index (χ1) is 6.42. The quantitative estimate of drug-likeness (QED) is 0.729. The summed E-state index contributed by atoms with van der Waals surface area (Å²) in [5.74, 6) is 0. The summed E-state index contributed by atoms with van der Waals surface area (Å²) in [4.78, 5) is 5.21. The molecule has 0 atom stereocenters. The standard InChI is InChI=1S/C10H13N2O/c1-13-12-8-7-11-10(12)9-5-3-2-4-6-9/h2-6,11H,7-8H2,1H3. The zero-order valence-electron chi connectivity index (χ0n) is 7.66. The van der Waals surface area contributed by atoms with Crippen LogP contribution in [0.15, 0.2) is 30.3 Å². The third-order valence-corrected chi connectivity index (χ3v) is 2.12. The first-order valence-corrected chi connectivity index (χ1v) is 4.39. The second kappa shape index (κ2) is 3.87. The van der Waals surface area contributed by atoms with Gasteiger partial charge in [-0.05, 0) is 5.56 Å². The van der Waals surface area contributed by atoms with Crippen molar-refractivity contribution < 1.29 is 4.84 Å². The summed E-state index contributed by atoms with van der Waals surface area (Å²) in [7, 11) is 1.69. The first kappa shape index (κ1) is 8.69. The maximum atomic E-state index is 5.21. The predicted molar refractivity (Wildman–Crippen MR) is 50.5 cm³/mol. The van der Waals surface area contributed by atoms with Gasteiger partial charge in [-0.1, -0.05) is 30.3 Å². The van der Waals surface area contributed by atoms with Crippen LogP contribution in [0.2, 0.25) is 0 Å². The van der Waals surface area contributed by atoms with E-state index in [1.165, 1.54) is 5.56 Å². The Kier molecular flexibility index (Phi) is 2.59. The first-order valence-electron chi connectivity index (χ1n) is 4.39. The molecule has 0 aromatic heterocycles. The Hall–Kier alpha value is -0.900. The van der Waals surface area contributed by atoms with E-state index in [-0.39, 0.29) is 0 Å². The highest BCUT2D eigenvalue weighted by Gasteiger charge is 2.26. The van der Waals surface area contributed by atoms with Crippen LogP contribution < -0.4 is 5.32 Å². The lowest BCUT2D eigenvalue weighted by atomic mass is 10.2. The van der Waals surface area contributed by atoms with E-state index in [1.807, 2.05) is 23.3 Å². The highest BCUT2D eigenvalue weighted by atomic mass is 16.7. The summed E-state index contributed by atoms with van der Waals surface area (Å²) >= 11 is 0. The molecule has 69 valence electrons. The van der Waals surface area contributed by atoms with E-state index >= 15 is 0 Å². The van der Waals surface area contributed by atoms with Gasteiger partial charge < -0.3 is 0 Å². The Bertz CT molecular complexity index is 263. The van der Waals surface area contributed by atoms with Crippen molar-refractivity contribution in [1.29, 1.82) is 0 Å². The molecule has 1 N–H and O–H groups in total. The summed E-state index contributed by atoms with van der Waals surface area (Å²) in [6.07, 6.45) is 1.06. The SMILES string of the molecule is CON1CCN[C]1c1ccccc1. The van der Waals surface area contributed by atoms with Gasteiger partial charge in [0.15, 0.2) is 6.17 Å². The van der Waals surface area contributed by atoms with Crippen molar-refractivity contribution in [2.75, 3.05) is 20.2 Å². The molecule has 0 bridgehead atoms. The van der Waals surface area contributed by atoms with Gasteiger partial charge in [0.1, 0.15) is 0 Å². The minimum absolute atomic E-state index is 0.903. The number of hydroxylamine groups is 2. The number of hydrogen-bond donors (Lipinski definition) is 1. The molecule has 2 rings (SSSR count). The van der Waals surface area contributed by atoms with Crippen LogP contribution in [-0.2, 0) is 4.84 Å². The average molecular weight is 177 g/mol. The van der Waals surface area contributed by atoms with Gasteiger partial charge in [0.05, 0.1) is 7.11 Å². The second-order valence-corrected chi connectivity index (χ2v) is 2.93. The van der Waals surface area contributed by atoms with Crippen molar-refractivity contribution in [1.82, 2.24) is 10.4 Å². The summed E-state index contributed by atoms with van der Waals surface area (Å²) in [6.45, 7) is 1.85. The Morgan fingerprint density at radius 3 is 2.77 bits per heavy atom. The average Bonchev–Trinajstić information content (AvgIpc) is 2.67. The van der Waals surface area contributed by atoms with Crippen LogP contribution in [0.3, 0.4) is 0 Å². The van der Waals surface area contributed by atoms with Gasteiger partial charge in [0.2, 0.25) is 0 Å². The lowest BCUT2D eigenvalue weighted by molar-refractivity contribution is -0.103. The Labute approximate surface area is 78.3 Å². The second-order valence-electron chi connectivity index (χ2n) is 2.93. The number of benzene rings is 1. The summed E-state index contributed by atoms with van der Waals surface area (Å²) in [5, 5.41) is 5.16. The van der Waals surface area contributed by atoms with Gasteiger partial charge in [0, 0.05) is 13.1 Å². The molecular formula is C10H13N2O. The van der Waals surface area contributed by atoms with Crippen LogP contribution in [0.1, 0.15) is 5.56 Å². The molecule has 13 heavy (non-hydrogen) atoms. The fraction of sp³-hybridized carbons (Fsp3) is 0.300. The van der Waals surface area contributed by atoms with Gasteiger partial charge in [-0.15, -0.1) is 0 Å². The largest absolute Gasteiger partial charge is 0.300 e. The van der Waals surface area contributed by atoms with Crippen LogP contribution in [-0.4, -0.2) is 25.3 Å². The molecule has 1 aromatic rings. The molecule has 1 heterocycles. The molecule has 1 aromatic carbocycles. The molecule has 1 aliphatic heterocycles. The van der Waals surface area contributed by atoms with Crippen molar-refractivity contribution in [2.45, 2.75) is 0 Å². The lowest BCUT2D eigenvalue weighted by Gasteiger charge is -2.19. The highest BCUT2D eigenvalue weighted by Crippen LogP contribution is 2.19. The maximum absolute atomic E-state index is 5.21. The van der Waals surface area contributed by atoms with Crippen LogP contribution in [0.25, 0.3) is 0 Å². The van der Waals surface area contributed by atoms with E-state index in [2.05, 4.69) is 17.4 Å². The highest BCUT2D eigenvalue weighted by molar-refractivity contribution is 5.29. The molecule has 3 heteroatoms. The van der Waals surface area contributed by atoms with Crippen LogP contribution >= 0.6 is 0 Å². The number of rotatable bonds is 2. The van der Waals surface area contributed by atoms with E-state index in [0.717, 1.165) is 19.3 Å². The van der Waals surface area contributed by atoms with E-state index in [4.69, 9.17) is 4.84 Å². The molecule has 0 spiro atoms. The van der Waals surface area contributed by atoms with Gasteiger partial charge in [-0.3, -0.25) is 10.2 Å². The molecule has 0 saturated carbocycles. The third kappa shape index (κ3) is 1.72. The van der Waals surface area contributed by atoms with E-state index in [0.29, 0.717) is 0 Å². The van der Waals surface area contributed by atoms with Crippen molar-refractivity contribution in [3.63, 3.8) is 0 Å². The van der Waals surface area contributed by atoms with Crippen molar-refractivity contribution in [3.05, 3.63) is 42.1 Å². The Morgan fingerprint density at radius 2 is 2.08 bits per heavy atom. The zero-order chi connectivity index (χ0) is 9.10. The monoisotopic (exact) mass is 177 g/mol. The van der Waals surface area contributed by atoms with Crippen molar-refractivity contribution in [3.8, 4) is 0 Å². The van der Waals surface area contributed by atoms with Gasteiger partial charge in [-0.25, -0.2) is 0 Å². The summed E-state index contributed by atoms with van der Waals surface area (Å²) in [6, 6.07) is 10.2. The molecule has 3 nitrogen and oxygen atoms in total. The molecule has 0 unspecified atom stereocenters. The van der Waals surface area contributed by atoms with Gasteiger partial charge >= 0.3 is 0 Å². The zero-order valence-corrected chi connectivity index (χ0v) is 7.66. The molecular weight excluding hydrogens is 164 g/mol. The Balaban J connectivity index is 2.16. The van der Waals surface area contributed by atoms with Gasteiger partial charge in [-0.2, -0.15) is 5.06 Å². The van der Waals surface area contributed by atoms with E-state index in [1.54, 1.807) is 7.11 Å². The fourth-order valence-electron chi connectivity index (χ4n) is 1.50. The predicted octanol–water partition coefficient (Wildman–Crippen LogP) is 0.991. The smallest absolute Gasteiger partial charge is 0.159 e. The number of hydrogen-bond acceptors (Lipinski definition) is 3. The van der Waals surface area contributed by atoms with E-state index < -0.39 is 0 Å². The number of nitrogens with one attached hydrogen (secondary N) is 1. The minimum Gasteiger partial charge on any atom is -0.300 e. The van der Waals surface area contributed by atoms with Crippen LogP contribution in [0.4, 0.5) is 0 Å². The maximum Gasteiger partial charge on any atom is 0.159 e. The number of nitrogens with zero attached hydrogens (tertiary/aromatic N) is 1. The lowest BCUT2D eigenvalue weighted by Crippen LogP contribution is -2.27. The summed E-state index contributed by atoms with van der Waals surface area (Å²) in [5.41, 5.74) is 1.17. The van der Waals surface area contributed by atoms with E-state index in [9.17, 15) is 0 Å². The van der Waals surface area contributed by atoms with Gasteiger partial charge in [0.25, 0.3) is 0 Å². The van der Waals surface area contributed by atoms with Crippen molar-refractivity contribution in [2.24, 2.45) is 0 Å². The summed E-state index contributed by atoms with van der Waals surface area (Å²) < 4.78 is 0.